The van der Waals surface area contributed by atoms with E-state index in [1.165, 1.54) is 12.0 Å². The van der Waals surface area contributed by atoms with Crippen molar-refractivity contribution in [3.63, 3.8) is 0 Å². The number of amides is 2. The first-order valence-electron chi connectivity index (χ1n) is 12.8. The highest BCUT2D eigenvalue weighted by atomic mass is 16.5. The molecule has 2 amide bonds. The summed E-state index contributed by atoms with van der Waals surface area (Å²) < 4.78 is 5.81. The summed E-state index contributed by atoms with van der Waals surface area (Å²) in [5.74, 6) is 0.791. The molecule has 5 nitrogen and oxygen atoms in total. The number of ether oxygens (including phenoxy) is 1. The average Bonchev–Trinajstić information content (AvgIpc) is 2.83. The summed E-state index contributed by atoms with van der Waals surface area (Å²) in [5.41, 5.74) is 3.38. The fraction of sp³-hybridized carbons (Fsp3) is 0.517. The number of nitrogens with one attached hydrogen (secondary N) is 1. The molecule has 1 N–H and O–H groups in total. The van der Waals surface area contributed by atoms with Gasteiger partial charge in [-0.05, 0) is 57.2 Å². The minimum Gasteiger partial charge on any atom is -0.494 e. The van der Waals surface area contributed by atoms with Crippen molar-refractivity contribution in [2.75, 3.05) is 6.61 Å². The van der Waals surface area contributed by atoms with Gasteiger partial charge >= 0.3 is 0 Å². The van der Waals surface area contributed by atoms with Crippen molar-refractivity contribution in [2.45, 2.75) is 90.8 Å². The average molecular weight is 465 g/mol. The summed E-state index contributed by atoms with van der Waals surface area (Å²) in [5, 5.41) is 3.24. The number of rotatable bonds is 11. The highest BCUT2D eigenvalue weighted by Crippen LogP contribution is 2.20. The van der Waals surface area contributed by atoms with Crippen LogP contribution < -0.4 is 10.1 Å². The highest BCUT2D eigenvalue weighted by Gasteiger charge is 2.30. The van der Waals surface area contributed by atoms with Crippen LogP contribution in [0.1, 0.15) is 75.0 Å². The van der Waals surface area contributed by atoms with Gasteiger partial charge in [-0.2, -0.15) is 0 Å². The monoisotopic (exact) mass is 464 g/mol. The summed E-state index contributed by atoms with van der Waals surface area (Å²) in [6, 6.07) is 15.9. The first-order valence-corrected chi connectivity index (χ1v) is 12.8. The number of nitrogens with zero attached hydrogens (tertiary/aromatic N) is 1. The minimum absolute atomic E-state index is 0.000318. The molecule has 0 aromatic heterocycles. The molecule has 1 fully saturated rings. The Balaban J connectivity index is 1.64. The lowest BCUT2D eigenvalue weighted by molar-refractivity contribution is -0.142. The lowest BCUT2D eigenvalue weighted by Gasteiger charge is -2.33. The molecule has 1 atom stereocenters. The van der Waals surface area contributed by atoms with E-state index in [1.807, 2.05) is 63.2 Å². The van der Waals surface area contributed by atoms with Crippen molar-refractivity contribution in [3.05, 3.63) is 65.2 Å². The van der Waals surface area contributed by atoms with Gasteiger partial charge in [0.25, 0.3) is 0 Å². The Morgan fingerprint density at radius 2 is 1.76 bits per heavy atom. The Morgan fingerprint density at radius 1 is 1.03 bits per heavy atom. The molecule has 0 spiro atoms. The standard InChI is InChI=1S/C29H40N2O3/c1-4-27(29(33)30-25-12-6-5-7-13-25)31(21-24-11-8-10-23(3)20-24)28(32)14-9-19-34-26-17-15-22(2)16-18-26/h8,10-11,15-18,20,25,27H,4-7,9,12-14,19,21H2,1-3H3,(H,30,33)/t27-/m1/s1. The Kier molecular flexibility index (Phi) is 9.99. The highest BCUT2D eigenvalue weighted by molar-refractivity contribution is 5.87. The van der Waals surface area contributed by atoms with E-state index in [0.717, 1.165) is 42.6 Å². The van der Waals surface area contributed by atoms with E-state index in [0.29, 0.717) is 32.4 Å². The number of carbonyl (C=O) groups is 2. The van der Waals surface area contributed by atoms with Gasteiger partial charge in [0.1, 0.15) is 11.8 Å². The van der Waals surface area contributed by atoms with Crippen LogP contribution in [0.3, 0.4) is 0 Å². The van der Waals surface area contributed by atoms with Crippen LogP contribution in [0.4, 0.5) is 0 Å². The van der Waals surface area contributed by atoms with Crippen LogP contribution in [0, 0.1) is 13.8 Å². The fourth-order valence-electron chi connectivity index (χ4n) is 4.66. The van der Waals surface area contributed by atoms with Crippen LogP contribution >= 0.6 is 0 Å². The first kappa shape index (κ1) is 25.8. The molecule has 34 heavy (non-hydrogen) atoms. The minimum atomic E-state index is -0.465. The lowest BCUT2D eigenvalue weighted by atomic mass is 9.95. The molecule has 0 saturated heterocycles. The maximum atomic E-state index is 13.4. The van der Waals surface area contributed by atoms with Gasteiger partial charge in [0.15, 0.2) is 0 Å². The fourth-order valence-corrected chi connectivity index (χ4v) is 4.66. The second-order valence-corrected chi connectivity index (χ2v) is 9.54. The van der Waals surface area contributed by atoms with E-state index >= 15 is 0 Å². The molecule has 1 saturated carbocycles. The topological polar surface area (TPSA) is 58.6 Å². The van der Waals surface area contributed by atoms with Gasteiger partial charge in [0.05, 0.1) is 6.61 Å². The smallest absolute Gasteiger partial charge is 0.243 e. The molecule has 0 aliphatic heterocycles. The maximum absolute atomic E-state index is 13.4. The summed E-state index contributed by atoms with van der Waals surface area (Å²) in [7, 11) is 0. The predicted molar refractivity (Wildman–Crippen MR) is 137 cm³/mol. The first-order chi connectivity index (χ1) is 16.5. The zero-order valence-corrected chi connectivity index (χ0v) is 21.0. The number of benzene rings is 2. The van der Waals surface area contributed by atoms with Crippen molar-refractivity contribution < 1.29 is 14.3 Å². The van der Waals surface area contributed by atoms with E-state index in [4.69, 9.17) is 4.74 Å². The van der Waals surface area contributed by atoms with E-state index < -0.39 is 6.04 Å². The molecule has 1 aliphatic rings. The van der Waals surface area contributed by atoms with Crippen LogP contribution in [0.25, 0.3) is 0 Å². The van der Waals surface area contributed by atoms with Crippen LogP contribution in [-0.2, 0) is 16.1 Å². The molecule has 5 heteroatoms. The lowest BCUT2D eigenvalue weighted by Crippen LogP contribution is -2.51. The van der Waals surface area contributed by atoms with Gasteiger partial charge in [0, 0.05) is 19.0 Å². The Hall–Kier alpha value is -2.82. The number of hydrogen-bond donors (Lipinski definition) is 1. The van der Waals surface area contributed by atoms with Gasteiger partial charge < -0.3 is 15.0 Å². The van der Waals surface area contributed by atoms with Gasteiger partial charge in [0.2, 0.25) is 11.8 Å². The quantitative estimate of drug-likeness (QED) is 0.433. The number of carbonyl (C=O) groups excluding carboxylic acids is 2. The molecule has 0 bridgehead atoms. The number of hydrogen-bond acceptors (Lipinski definition) is 3. The molecule has 0 heterocycles. The molecule has 3 rings (SSSR count). The van der Waals surface area contributed by atoms with Crippen molar-refractivity contribution in [2.24, 2.45) is 0 Å². The molecule has 0 unspecified atom stereocenters. The Labute approximate surface area is 204 Å². The summed E-state index contributed by atoms with van der Waals surface area (Å²) in [6.45, 7) is 6.99. The van der Waals surface area contributed by atoms with Crippen LogP contribution in [0.5, 0.6) is 5.75 Å². The normalized spacial score (nSPS) is 14.9. The molecule has 2 aromatic rings. The van der Waals surface area contributed by atoms with Crippen LogP contribution in [0.15, 0.2) is 48.5 Å². The molecule has 184 valence electrons. The van der Waals surface area contributed by atoms with Gasteiger partial charge in [-0.3, -0.25) is 9.59 Å². The van der Waals surface area contributed by atoms with Gasteiger partial charge in [-0.25, -0.2) is 0 Å². The number of aryl methyl sites for hydroxylation is 2. The second kappa shape index (κ2) is 13.2. The third-order valence-corrected chi connectivity index (χ3v) is 6.60. The van der Waals surface area contributed by atoms with E-state index in [-0.39, 0.29) is 17.9 Å². The van der Waals surface area contributed by atoms with Crippen molar-refractivity contribution >= 4 is 11.8 Å². The van der Waals surface area contributed by atoms with Crippen molar-refractivity contribution in [1.29, 1.82) is 0 Å². The van der Waals surface area contributed by atoms with Crippen molar-refractivity contribution in [1.82, 2.24) is 10.2 Å². The zero-order valence-electron chi connectivity index (χ0n) is 21.0. The third-order valence-electron chi connectivity index (χ3n) is 6.60. The summed E-state index contributed by atoms with van der Waals surface area (Å²) in [4.78, 5) is 28.4. The zero-order chi connectivity index (χ0) is 24.3. The Bertz CT molecular complexity index is 919. The molecule has 0 radical (unpaired) electrons. The van der Waals surface area contributed by atoms with Crippen LogP contribution in [0.2, 0.25) is 0 Å². The third kappa shape index (κ3) is 7.89. The molecule has 1 aliphatic carbocycles. The van der Waals surface area contributed by atoms with Crippen LogP contribution in [-0.4, -0.2) is 35.4 Å². The summed E-state index contributed by atoms with van der Waals surface area (Å²) >= 11 is 0. The molecular formula is C29H40N2O3. The predicted octanol–water partition coefficient (Wildman–Crippen LogP) is 5.72. The largest absolute Gasteiger partial charge is 0.494 e. The SMILES string of the molecule is CC[C@H](C(=O)NC1CCCCC1)N(Cc1cccc(C)c1)C(=O)CCCOc1ccc(C)cc1. The second-order valence-electron chi connectivity index (χ2n) is 9.54. The van der Waals surface area contributed by atoms with Crippen molar-refractivity contribution in [3.8, 4) is 5.75 Å². The van der Waals surface area contributed by atoms with E-state index in [2.05, 4.69) is 11.4 Å². The van der Waals surface area contributed by atoms with E-state index in [9.17, 15) is 9.59 Å². The van der Waals surface area contributed by atoms with E-state index in [1.54, 1.807) is 4.90 Å². The maximum Gasteiger partial charge on any atom is 0.243 e. The van der Waals surface area contributed by atoms with Gasteiger partial charge in [-0.1, -0.05) is 73.7 Å². The molecular weight excluding hydrogens is 424 g/mol. The molecule has 2 aromatic carbocycles. The Morgan fingerprint density at radius 3 is 2.44 bits per heavy atom. The van der Waals surface area contributed by atoms with Gasteiger partial charge in [-0.15, -0.1) is 0 Å². The summed E-state index contributed by atoms with van der Waals surface area (Å²) in [6.07, 6.45) is 7.18.